The fraction of sp³-hybridized carbons (Fsp3) is 0.143. The van der Waals surface area contributed by atoms with E-state index in [0.29, 0.717) is 17.9 Å². The van der Waals surface area contributed by atoms with Gasteiger partial charge in [-0.3, -0.25) is 4.79 Å². The lowest BCUT2D eigenvalue weighted by atomic mass is 10.1. The van der Waals surface area contributed by atoms with Crippen molar-refractivity contribution in [3.05, 3.63) is 83.7 Å². The van der Waals surface area contributed by atoms with Crippen molar-refractivity contribution in [2.75, 3.05) is 17.7 Å². The Labute approximate surface area is 153 Å². The number of carbonyl (C=O) groups excluding carboxylic acids is 1. The Kier molecular flexibility index (Phi) is 5.49. The van der Waals surface area contributed by atoms with Crippen LogP contribution in [0.3, 0.4) is 0 Å². The van der Waals surface area contributed by atoms with Gasteiger partial charge in [-0.15, -0.1) is 0 Å². The topological polar surface area (TPSA) is 63.2 Å². The molecule has 0 unspecified atom stereocenters. The Bertz CT molecular complexity index is 875. The highest BCUT2D eigenvalue weighted by molar-refractivity contribution is 6.02. The Morgan fingerprint density at radius 2 is 1.73 bits per heavy atom. The maximum Gasteiger partial charge on any atom is 0.274 e. The van der Waals surface area contributed by atoms with Gasteiger partial charge in [0.1, 0.15) is 11.4 Å². The molecule has 3 aromatic rings. The zero-order valence-corrected chi connectivity index (χ0v) is 14.8. The fourth-order valence-corrected chi connectivity index (χ4v) is 2.51. The second-order valence-electron chi connectivity index (χ2n) is 5.89. The third kappa shape index (κ3) is 4.39. The summed E-state index contributed by atoms with van der Waals surface area (Å²) in [4.78, 5) is 16.5. The lowest BCUT2D eigenvalue weighted by Gasteiger charge is -2.09. The molecule has 0 aliphatic carbocycles. The highest BCUT2D eigenvalue weighted by Gasteiger charge is 2.08. The van der Waals surface area contributed by atoms with Gasteiger partial charge in [-0.1, -0.05) is 24.3 Å². The number of carbonyl (C=O) groups is 1. The first kappa shape index (κ1) is 17.5. The molecule has 5 nitrogen and oxygen atoms in total. The lowest BCUT2D eigenvalue weighted by Crippen LogP contribution is -2.13. The van der Waals surface area contributed by atoms with Gasteiger partial charge >= 0.3 is 0 Å². The zero-order chi connectivity index (χ0) is 18.4. The number of aryl methyl sites for hydroxylation is 1. The summed E-state index contributed by atoms with van der Waals surface area (Å²) in [5.41, 5.74) is 4.40. The van der Waals surface area contributed by atoms with Crippen LogP contribution in [0.1, 0.15) is 21.6 Å². The maximum atomic E-state index is 12.3. The summed E-state index contributed by atoms with van der Waals surface area (Å²) in [5.74, 6) is 0.492. The van der Waals surface area contributed by atoms with Crippen molar-refractivity contribution >= 4 is 17.3 Å². The molecule has 0 fully saturated rings. The molecular weight excluding hydrogens is 326 g/mol. The van der Waals surface area contributed by atoms with E-state index in [4.69, 9.17) is 4.74 Å². The quantitative estimate of drug-likeness (QED) is 0.699. The van der Waals surface area contributed by atoms with Gasteiger partial charge < -0.3 is 15.4 Å². The van der Waals surface area contributed by atoms with Gasteiger partial charge in [0.2, 0.25) is 0 Å². The summed E-state index contributed by atoms with van der Waals surface area (Å²) >= 11 is 0. The third-order valence-electron chi connectivity index (χ3n) is 4.09. The van der Waals surface area contributed by atoms with Crippen molar-refractivity contribution in [1.82, 2.24) is 4.98 Å². The molecule has 1 aromatic heterocycles. The van der Waals surface area contributed by atoms with Crippen molar-refractivity contribution in [3.8, 4) is 5.75 Å². The molecule has 5 heteroatoms. The molecule has 2 aromatic carbocycles. The summed E-state index contributed by atoms with van der Waals surface area (Å²) in [6.07, 6.45) is 1.67. The van der Waals surface area contributed by atoms with Crippen LogP contribution in [0.5, 0.6) is 5.75 Å². The predicted molar refractivity (Wildman–Crippen MR) is 104 cm³/mol. The van der Waals surface area contributed by atoms with Crippen molar-refractivity contribution < 1.29 is 9.53 Å². The van der Waals surface area contributed by atoms with E-state index in [2.05, 4.69) is 34.7 Å². The molecule has 0 aliphatic rings. The number of nitrogens with one attached hydrogen (secondary N) is 2. The fourth-order valence-electron chi connectivity index (χ4n) is 2.51. The van der Waals surface area contributed by atoms with Crippen LogP contribution in [0.4, 0.5) is 11.4 Å². The average molecular weight is 347 g/mol. The van der Waals surface area contributed by atoms with Gasteiger partial charge in [-0.05, 0) is 54.4 Å². The highest BCUT2D eigenvalue weighted by Crippen LogP contribution is 2.16. The largest absolute Gasteiger partial charge is 0.497 e. The number of methoxy groups -OCH3 is 1. The predicted octanol–water partition coefficient (Wildman–Crippen LogP) is 4.26. The zero-order valence-electron chi connectivity index (χ0n) is 14.8. The molecular formula is C21H21N3O2. The van der Waals surface area contributed by atoms with Crippen molar-refractivity contribution in [2.45, 2.75) is 13.5 Å². The normalized spacial score (nSPS) is 10.2. The first-order valence-electron chi connectivity index (χ1n) is 8.35. The summed E-state index contributed by atoms with van der Waals surface area (Å²) in [5, 5.41) is 6.14. The van der Waals surface area contributed by atoms with Crippen molar-refractivity contribution in [2.24, 2.45) is 0 Å². The molecule has 0 saturated carbocycles. The SMILES string of the molecule is COc1ccc(NC(=O)c2ccc(NCc3ccccc3C)cn2)cc1. The first-order chi connectivity index (χ1) is 12.7. The molecule has 0 radical (unpaired) electrons. The van der Waals surface area contributed by atoms with E-state index >= 15 is 0 Å². The van der Waals surface area contributed by atoms with Crippen LogP contribution in [-0.4, -0.2) is 18.0 Å². The first-order valence-corrected chi connectivity index (χ1v) is 8.35. The number of anilines is 2. The summed E-state index contributed by atoms with van der Waals surface area (Å²) < 4.78 is 5.10. The van der Waals surface area contributed by atoms with Gasteiger partial charge in [0.05, 0.1) is 19.0 Å². The number of hydrogen-bond donors (Lipinski definition) is 2. The van der Waals surface area contributed by atoms with Crippen LogP contribution in [0.25, 0.3) is 0 Å². The minimum absolute atomic E-state index is 0.249. The smallest absolute Gasteiger partial charge is 0.274 e. The number of nitrogens with zero attached hydrogens (tertiary/aromatic N) is 1. The van der Waals surface area contributed by atoms with Crippen molar-refractivity contribution in [3.63, 3.8) is 0 Å². The van der Waals surface area contributed by atoms with E-state index < -0.39 is 0 Å². The molecule has 0 aliphatic heterocycles. The van der Waals surface area contributed by atoms with E-state index in [9.17, 15) is 4.79 Å². The molecule has 1 amide bonds. The highest BCUT2D eigenvalue weighted by atomic mass is 16.5. The molecule has 0 spiro atoms. The number of hydrogen-bond acceptors (Lipinski definition) is 4. The summed E-state index contributed by atoms with van der Waals surface area (Å²) in [6, 6.07) is 18.9. The van der Waals surface area contributed by atoms with Crippen LogP contribution < -0.4 is 15.4 Å². The van der Waals surface area contributed by atoms with Crippen LogP contribution in [-0.2, 0) is 6.54 Å². The van der Waals surface area contributed by atoms with E-state index in [1.807, 2.05) is 18.2 Å². The van der Waals surface area contributed by atoms with Crippen LogP contribution in [0.2, 0.25) is 0 Å². The summed E-state index contributed by atoms with van der Waals surface area (Å²) in [7, 11) is 1.60. The number of rotatable bonds is 6. The Morgan fingerprint density at radius 3 is 2.38 bits per heavy atom. The van der Waals surface area contributed by atoms with E-state index in [1.165, 1.54) is 11.1 Å². The van der Waals surface area contributed by atoms with Crippen molar-refractivity contribution in [1.29, 1.82) is 0 Å². The van der Waals surface area contributed by atoms with Gasteiger partial charge in [-0.2, -0.15) is 0 Å². The molecule has 3 rings (SSSR count). The average Bonchev–Trinajstić information content (AvgIpc) is 2.68. The summed E-state index contributed by atoms with van der Waals surface area (Å²) in [6.45, 7) is 2.80. The Hall–Kier alpha value is -3.34. The van der Waals surface area contributed by atoms with Crippen LogP contribution >= 0.6 is 0 Å². The van der Waals surface area contributed by atoms with Gasteiger partial charge in [0.25, 0.3) is 5.91 Å². The second-order valence-corrected chi connectivity index (χ2v) is 5.89. The molecule has 0 bridgehead atoms. The third-order valence-corrected chi connectivity index (χ3v) is 4.09. The standard InChI is InChI=1S/C21H21N3O2/c1-15-5-3-4-6-16(15)13-22-18-9-12-20(23-14-18)21(25)24-17-7-10-19(26-2)11-8-17/h3-12,14,22H,13H2,1-2H3,(H,24,25). The monoisotopic (exact) mass is 347 g/mol. The number of ether oxygens (including phenoxy) is 1. The Balaban J connectivity index is 1.59. The van der Waals surface area contributed by atoms with Crippen LogP contribution in [0.15, 0.2) is 66.9 Å². The number of aromatic nitrogens is 1. The van der Waals surface area contributed by atoms with E-state index in [-0.39, 0.29) is 5.91 Å². The second kappa shape index (κ2) is 8.16. The molecule has 1 heterocycles. The Morgan fingerprint density at radius 1 is 1.00 bits per heavy atom. The number of pyridine rings is 1. The molecule has 132 valence electrons. The minimum Gasteiger partial charge on any atom is -0.497 e. The van der Waals surface area contributed by atoms with E-state index in [0.717, 1.165) is 11.4 Å². The maximum absolute atomic E-state index is 12.3. The molecule has 26 heavy (non-hydrogen) atoms. The van der Waals surface area contributed by atoms with Gasteiger partial charge in [0, 0.05) is 12.2 Å². The van der Waals surface area contributed by atoms with E-state index in [1.54, 1.807) is 43.6 Å². The molecule has 0 atom stereocenters. The van der Waals surface area contributed by atoms with Gasteiger partial charge in [-0.25, -0.2) is 4.98 Å². The molecule has 2 N–H and O–H groups in total. The van der Waals surface area contributed by atoms with Crippen LogP contribution in [0, 0.1) is 6.92 Å². The molecule has 0 saturated heterocycles. The minimum atomic E-state index is -0.249. The lowest BCUT2D eigenvalue weighted by molar-refractivity contribution is 0.102. The number of amides is 1. The number of benzene rings is 2. The van der Waals surface area contributed by atoms with Gasteiger partial charge in [0.15, 0.2) is 0 Å².